The molecule has 0 aromatic carbocycles. The van der Waals surface area contributed by atoms with Crippen LogP contribution in [-0.4, -0.2) is 43.1 Å². The van der Waals surface area contributed by atoms with Crippen LogP contribution in [0.5, 0.6) is 0 Å². The van der Waals surface area contributed by atoms with Crippen LogP contribution in [0, 0.1) is 5.92 Å². The van der Waals surface area contributed by atoms with Gasteiger partial charge in [0.2, 0.25) is 5.91 Å². The summed E-state index contributed by atoms with van der Waals surface area (Å²) < 4.78 is 5.42. The van der Waals surface area contributed by atoms with Crippen molar-refractivity contribution >= 4 is 11.9 Å². The molecule has 1 aliphatic rings. The molecule has 1 aliphatic heterocycles. The van der Waals surface area contributed by atoms with Gasteiger partial charge in [-0.2, -0.15) is 0 Å². The van der Waals surface area contributed by atoms with Crippen LogP contribution in [0.4, 0.5) is 4.79 Å². The molecule has 0 atom stereocenters. The van der Waals surface area contributed by atoms with E-state index in [4.69, 9.17) is 4.74 Å². The van der Waals surface area contributed by atoms with E-state index in [-0.39, 0.29) is 11.9 Å². The lowest BCUT2D eigenvalue weighted by molar-refractivity contribution is -0.121. The first kappa shape index (κ1) is 13.0. The van der Waals surface area contributed by atoms with Gasteiger partial charge in [-0.3, -0.25) is 10.1 Å². The molecule has 0 spiro atoms. The fourth-order valence-corrected chi connectivity index (χ4v) is 1.41. The molecule has 0 unspecified atom stereocenters. The fourth-order valence-electron chi connectivity index (χ4n) is 1.41. The zero-order valence-corrected chi connectivity index (χ0v) is 9.99. The maximum Gasteiger partial charge on any atom is 0.324 e. The molecule has 16 heavy (non-hydrogen) atoms. The van der Waals surface area contributed by atoms with Crippen LogP contribution >= 0.6 is 0 Å². The normalized spacial score (nSPS) is 16.8. The van der Waals surface area contributed by atoms with Gasteiger partial charge >= 0.3 is 6.03 Å². The topological polar surface area (TPSA) is 58.6 Å². The lowest BCUT2D eigenvalue weighted by Crippen LogP contribution is -2.50. The van der Waals surface area contributed by atoms with E-state index in [1.54, 1.807) is 4.90 Å². The third-order valence-corrected chi connectivity index (χ3v) is 2.49. The third kappa shape index (κ3) is 4.61. The summed E-state index contributed by atoms with van der Waals surface area (Å²) in [6, 6.07) is -0.302. The SMILES string of the molecule is CC(C)CCOCCN1CCC(=O)NC1=O. The Balaban J connectivity index is 2.09. The maximum absolute atomic E-state index is 11.3. The predicted molar refractivity (Wildman–Crippen MR) is 60.0 cm³/mol. The summed E-state index contributed by atoms with van der Waals surface area (Å²) in [6.45, 7) is 6.61. The van der Waals surface area contributed by atoms with Gasteiger partial charge in [0.1, 0.15) is 0 Å². The molecule has 1 heterocycles. The Labute approximate surface area is 96.1 Å². The van der Waals surface area contributed by atoms with Crippen molar-refractivity contribution in [1.82, 2.24) is 10.2 Å². The number of hydrogen-bond acceptors (Lipinski definition) is 3. The Morgan fingerprint density at radius 2 is 2.12 bits per heavy atom. The van der Waals surface area contributed by atoms with Gasteiger partial charge in [0.05, 0.1) is 6.61 Å². The number of carbonyl (C=O) groups excluding carboxylic acids is 2. The zero-order valence-electron chi connectivity index (χ0n) is 9.99. The predicted octanol–water partition coefficient (Wildman–Crippen LogP) is 0.991. The second kappa shape index (κ2) is 6.48. The Morgan fingerprint density at radius 1 is 1.38 bits per heavy atom. The Morgan fingerprint density at radius 3 is 2.75 bits per heavy atom. The van der Waals surface area contributed by atoms with Crippen LogP contribution in [0.2, 0.25) is 0 Å². The molecule has 0 aromatic rings. The molecule has 1 rings (SSSR count). The standard InChI is InChI=1S/C11H20N2O3/c1-9(2)4-7-16-8-6-13-5-3-10(14)12-11(13)15/h9H,3-8H2,1-2H3,(H,12,14,15). The highest BCUT2D eigenvalue weighted by atomic mass is 16.5. The van der Waals surface area contributed by atoms with E-state index in [0.717, 1.165) is 13.0 Å². The number of nitrogens with one attached hydrogen (secondary N) is 1. The average Bonchev–Trinajstić information content (AvgIpc) is 2.20. The summed E-state index contributed by atoms with van der Waals surface area (Å²) in [5.41, 5.74) is 0. The highest BCUT2D eigenvalue weighted by Gasteiger charge is 2.21. The molecule has 1 N–H and O–H groups in total. The van der Waals surface area contributed by atoms with Crippen LogP contribution < -0.4 is 5.32 Å². The number of nitrogens with zero attached hydrogens (tertiary/aromatic N) is 1. The average molecular weight is 228 g/mol. The van der Waals surface area contributed by atoms with Crippen LogP contribution in [0.15, 0.2) is 0 Å². The summed E-state index contributed by atoms with van der Waals surface area (Å²) in [4.78, 5) is 23.8. The van der Waals surface area contributed by atoms with Crippen molar-refractivity contribution in [1.29, 1.82) is 0 Å². The van der Waals surface area contributed by atoms with Gasteiger partial charge in [-0.1, -0.05) is 13.8 Å². The molecule has 0 aliphatic carbocycles. The monoisotopic (exact) mass is 228 g/mol. The summed E-state index contributed by atoms with van der Waals surface area (Å²) in [5, 5.41) is 2.28. The Bertz CT molecular complexity index is 254. The van der Waals surface area contributed by atoms with E-state index in [2.05, 4.69) is 19.2 Å². The van der Waals surface area contributed by atoms with Crippen molar-refractivity contribution < 1.29 is 14.3 Å². The van der Waals surface area contributed by atoms with Gasteiger partial charge in [-0.15, -0.1) is 0 Å². The molecule has 0 radical (unpaired) electrons. The van der Waals surface area contributed by atoms with E-state index >= 15 is 0 Å². The molecule has 1 fully saturated rings. The smallest absolute Gasteiger partial charge is 0.324 e. The van der Waals surface area contributed by atoms with Crippen LogP contribution in [0.1, 0.15) is 26.7 Å². The minimum Gasteiger partial charge on any atom is -0.380 e. The fraction of sp³-hybridized carbons (Fsp3) is 0.818. The van der Waals surface area contributed by atoms with Gasteiger partial charge in [0, 0.05) is 26.1 Å². The van der Waals surface area contributed by atoms with Gasteiger partial charge in [0.15, 0.2) is 0 Å². The van der Waals surface area contributed by atoms with E-state index < -0.39 is 0 Å². The van der Waals surface area contributed by atoms with E-state index in [0.29, 0.717) is 32.0 Å². The van der Waals surface area contributed by atoms with E-state index in [1.165, 1.54) is 0 Å². The number of urea groups is 1. The van der Waals surface area contributed by atoms with Crippen LogP contribution in [0.25, 0.3) is 0 Å². The third-order valence-electron chi connectivity index (χ3n) is 2.49. The van der Waals surface area contributed by atoms with Gasteiger partial charge in [-0.05, 0) is 12.3 Å². The minimum atomic E-state index is -0.302. The molecule has 0 bridgehead atoms. The second-order valence-corrected chi connectivity index (χ2v) is 4.39. The quantitative estimate of drug-likeness (QED) is 0.690. The molecule has 0 saturated carbocycles. The first-order valence-electron chi connectivity index (χ1n) is 5.76. The van der Waals surface area contributed by atoms with Crippen molar-refractivity contribution in [3.8, 4) is 0 Å². The Kier molecular flexibility index (Phi) is 5.25. The lowest BCUT2D eigenvalue weighted by Gasteiger charge is -2.26. The van der Waals surface area contributed by atoms with Crippen molar-refractivity contribution in [3.63, 3.8) is 0 Å². The number of ether oxygens (including phenoxy) is 1. The number of rotatable bonds is 6. The second-order valence-electron chi connectivity index (χ2n) is 4.39. The first-order chi connectivity index (χ1) is 7.59. The Hall–Kier alpha value is -1.10. The molecule has 5 nitrogen and oxygen atoms in total. The van der Waals surface area contributed by atoms with Gasteiger partial charge in [0.25, 0.3) is 0 Å². The van der Waals surface area contributed by atoms with Crippen LogP contribution in [-0.2, 0) is 9.53 Å². The lowest BCUT2D eigenvalue weighted by atomic mass is 10.1. The first-order valence-corrected chi connectivity index (χ1v) is 5.76. The highest BCUT2D eigenvalue weighted by molar-refractivity contribution is 5.96. The number of hydrogen-bond donors (Lipinski definition) is 1. The van der Waals surface area contributed by atoms with Crippen molar-refractivity contribution in [2.45, 2.75) is 26.7 Å². The molecular weight excluding hydrogens is 208 g/mol. The van der Waals surface area contributed by atoms with Crippen molar-refractivity contribution in [2.75, 3.05) is 26.3 Å². The van der Waals surface area contributed by atoms with Gasteiger partial charge < -0.3 is 9.64 Å². The van der Waals surface area contributed by atoms with Gasteiger partial charge in [-0.25, -0.2) is 4.79 Å². The molecule has 1 saturated heterocycles. The minimum absolute atomic E-state index is 0.193. The summed E-state index contributed by atoms with van der Waals surface area (Å²) >= 11 is 0. The highest BCUT2D eigenvalue weighted by Crippen LogP contribution is 2.01. The molecule has 0 aromatic heterocycles. The van der Waals surface area contributed by atoms with Crippen molar-refractivity contribution in [2.24, 2.45) is 5.92 Å². The molecule has 5 heteroatoms. The van der Waals surface area contributed by atoms with E-state index in [9.17, 15) is 9.59 Å². The van der Waals surface area contributed by atoms with Crippen LogP contribution in [0.3, 0.4) is 0 Å². The van der Waals surface area contributed by atoms with E-state index in [1.807, 2.05) is 0 Å². The summed E-state index contributed by atoms with van der Waals surface area (Å²) in [7, 11) is 0. The summed E-state index contributed by atoms with van der Waals surface area (Å²) in [6.07, 6.45) is 1.42. The molecule has 3 amide bonds. The molecular formula is C11H20N2O3. The maximum atomic E-state index is 11.3. The molecule has 92 valence electrons. The number of amides is 3. The largest absolute Gasteiger partial charge is 0.380 e. The number of imide groups is 1. The van der Waals surface area contributed by atoms with Crippen molar-refractivity contribution in [3.05, 3.63) is 0 Å². The summed E-state index contributed by atoms with van der Waals surface area (Å²) in [5.74, 6) is 0.442. The zero-order chi connectivity index (χ0) is 12.0. The number of carbonyl (C=O) groups is 2.